The van der Waals surface area contributed by atoms with Crippen molar-refractivity contribution in [3.05, 3.63) is 70.9 Å². The SMILES string of the molecule is COc1ccc(CCNC(=O)c2sc3ncnc(N(C)c4ccccc4)c3c2C)cc1OC. The molecular formula is C25H26N4O3S. The van der Waals surface area contributed by atoms with E-state index in [0.29, 0.717) is 29.3 Å². The number of amides is 1. The zero-order valence-corrected chi connectivity index (χ0v) is 19.9. The van der Waals surface area contributed by atoms with Gasteiger partial charge < -0.3 is 19.7 Å². The normalized spacial score (nSPS) is 10.8. The second-order valence-corrected chi connectivity index (χ2v) is 8.52. The monoisotopic (exact) mass is 462 g/mol. The Balaban J connectivity index is 1.52. The molecular weight excluding hydrogens is 436 g/mol. The van der Waals surface area contributed by atoms with Crippen LogP contribution in [0.2, 0.25) is 0 Å². The average Bonchev–Trinajstić information content (AvgIpc) is 3.20. The molecule has 0 aliphatic rings. The standard InChI is InChI=1S/C25H26N4O3S/c1-16-21-23(29(2)18-8-6-5-7-9-18)27-15-28-25(21)33-22(16)24(30)26-13-12-17-10-11-19(31-3)20(14-17)32-4/h5-11,14-15H,12-13H2,1-4H3,(H,26,30). The lowest BCUT2D eigenvalue weighted by Gasteiger charge is -2.19. The smallest absolute Gasteiger partial charge is 0.261 e. The molecule has 0 saturated carbocycles. The average molecular weight is 463 g/mol. The summed E-state index contributed by atoms with van der Waals surface area (Å²) in [6.45, 7) is 2.46. The third kappa shape index (κ3) is 4.61. The van der Waals surface area contributed by atoms with E-state index < -0.39 is 0 Å². The maximum absolute atomic E-state index is 13.0. The molecule has 0 saturated heterocycles. The van der Waals surface area contributed by atoms with Gasteiger partial charge in [-0.25, -0.2) is 9.97 Å². The molecule has 2 heterocycles. The number of nitrogens with zero attached hydrogens (tertiary/aromatic N) is 3. The summed E-state index contributed by atoms with van der Waals surface area (Å²) in [6.07, 6.45) is 2.23. The van der Waals surface area contributed by atoms with E-state index in [2.05, 4.69) is 15.3 Å². The van der Waals surface area contributed by atoms with Gasteiger partial charge in [0.05, 0.1) is 24.5 Å². The van der Waals surface area contributed by atoms with Crippen molar-refractivity contribution in [2.45, 2.75) is 13.3 Å². The Morgan fingerprint density at radius 3 is 2.55 bits per heavy atom. The van der Waals surface area contributed by atoms with Gasteiger partial charge in [0.1, 0.15) is 17.0 Å². The fourth-order valence-corrected chi connectivity index (χ4v) is 4.79. The van der Waals surface area contributed by atoms with Crippen LogP contribution in [-0.4, -0.2) is 43.7 Å². The van der Waals surface area contributed by atoms with Gasteiger partial charge in [-0.2, -0.15) is 0 Å². The Hall–Kier alpha value is -3.65. The van der Waals surface area contributed by atoms with E-state index in [1.807, 2.05) is 67.4 Å². The Morgan fingerprint density at radius 2 is 1.82 bits per heavy atom. The van der Waals surface area contributed by atoms with Crippen LogP contribution >= 0.6 is 11.3 Å². The van der Waals surface area contributed by atoms with Gasteiger partial charge in [-0.05, 0) is 48.7 Å². The lowest BCUT2D eigenvalue weighted by Crippen LogP contribution is -2.25. The number of hydrogen-bond donors (Lipinski definition) is 1. The second-order valence-electron chi connectivity index (χ2n) is 7.52. The van der Waals surface area contributed by atoms with Crippen LogP contribution in [0.1, 0.15) is 20.8 Å². The summed E-state index contributed by atoms with van der Waals surface area (Å²) in [5.74, 6) is 2.03. The number of benzene rings is 2. The largest absolute Gasteiger partial charge is 0.493 e. The number of fused-ring (bicyclic) bond motifs is 1. The fourth-order valence-electron chi connectivity index (χ4n) is 3.73. The van der Waals surface area contributed by atoms with E-state index in [1.165, 1.54) is 11.3 Å². The van der Waals surface area contributed by atoms with E-state index in [4.69, 9.17) is 9.47 Å². The van der Waals surface area contributed by atoms with Crippen molar-refractivity contribution in [1.82, 2.24) is 15.3 Å². The maximum Gasteiger partial charge on any atom is 0.261 e. The zero-order valence-electron chi connectivity index (χ0n) is 19.1. The molecule has 0 fully saturated rings. The summed E-state index contributed by atoms with van der Waals surface area (Å²) in [5.41, 5.74) is 2.96. The minimum absolute atomic E-state index is 0.107. The fraction of sp³-hybridized carbons (Fsp3) is 0.240. The van der Waals surface area contributed by atoms with Crippen molar-refractivity contribution in [2.24, 2.45) is 0 Å². The molecule has 0 aliphatic heterocycles. The predicted molar refractivity (Wildman–Crippen MR) is 132 cm³/mol. The number of hydrogen-bond acceptors (Lipinski definition) is 7. The van der Waals surface area contributed by atoms with Crippen molar-refractivity contribution in [3.8, 4) is 11.5 Å². The summed E-state index contributed by atoms with van der Waals surface area (Å²) in [7, 11) is 5.19. The van der Waals surface area contributed by atoms with E-state index in [1.54, 1.807) is 20.5 Å². The highest BCUT2D eigenvalue weighted by Crippen LogP contribution is 2.36. The first-order valence-corrected chi connectivity index (χ1v) is 11.4. The van der Waals surface area contributed by atoms with Crippen molar-refractivity contribution in [1.29, 1.82) is 0 Å². The molecule has 33 heavy (non-hydrogen) atoms. The Kier molecular flexibility index (Phi) is 6.74. The van der Waals surface area contributed by atoms with E-state index in [-0.39, 0.29) is 5.91 Å². The highest BCUT2D eigenvalue weighted by atomic mass is 32.1. The summed E-state index contributed by atoms with van der Waals surface area (Å²) in [4.78, 5) is 25.4. The second kappa shape index (κ2) is 9.87. The number of carbonyl (C=O) groups excluding carboxylic acids is 1. The molecule has 8 heteroatoms. The number of rotatable bonds is 8. The van der Waals surface area contributed by atoms with Crippen molar-refractivity contribution in [2.75, 3.05) is 32.7 Å². The van der Waals surface area contributed by atoms with Gasteiger partial charge in [-0.15, -0.1) is 11.3 Å². The number of para-hydroxylation sites is 1. The third-order valence-electron chi connectivity index (χ3n) is 5.52. The Labute approximate surface area is 197 Å². The van der Waals surface area contributed by atoms with Crippen molar-refractivity contribution < 1.29 is 14.3 Å². The van der Waals surface area contributed by atoms with E-state index in [9.17, 15) is 4.79 Å². The number of thiophene rings is 1. The quantitative estimate of drug-likeness (QED) is 0.407. The number of nitrogens with one attached hydrogen (secondary N) is 1. The molecule has 4 rings (SSSR count). The van der Waals surface area contributed by atoms with Crippen LogP contribution < -0.4 is 19.7 Å². The maximum atomic E-state index is 13.0. The highest BCUT2D eigenvalue weighted by Gasteiger charge is 2.21. The molecule has 0 spiro atoms. The lowest BCUT2D eigenvalue weighted by atomic mass is 10.1. The molecule has 7 nitrogen and oxygen atoms in total. The number of anilines is 2. The summed E-state index contributed by atoms with van der Waals surface area (Å²) in [6, 6.07) is 15.8. The van der Waals surface area contributed by atoms with Gasteiger partial charge in [0.15, 0.2) is 11.5 Å². The van der Waals surface area contributed by atoms with Gasteiger partial charge >= 0.3 is 0 Å². The lowest BCUT2D eigenvalue weighted by molar-refractivity contribution is 0.0957. The molecule has 170 valence electrons. The molecule has 1 amide bonds. The molecule has 4 aromatic rings. The molecule has 1 N–H and O–H groups in total. The first-order chi connectivity index (χ1) is 16.0. The highest BCUT2D eigenvalue weighted by molar-refractivity contribution is 7.20. The van der Waals surface area contributed by atoms with Crippen molar-refractivity contribution >= 4 is 39.0 Å². The van der Waals surface area contributed by atoms with Crippen LogP contribution in [0.3, 0.4) is 0 Å². The predicted octanol–water partition coefficient (Wildman–Crippen LogP) is 4.76. The molecule has 0 radical (unpaired) electrons. The number of aromatic nitrogens is 2. The molecule has 0 unspecified atom stereocenters. The van der Waals surface area contributed by atoms with Crippen LogP contribution in [0.25, 0.3) is 10.2 Å². The van der Waals surface area contributed by atoms with Gasteiger partial charge in [-0.3, -0.25) is 4.79 Å². The minimum atomic E-state index is -0.107. The van der Waals surface area contributed by atoms with Gasteiger partial charge in [0.25, 0.3) is 5.91 Å². The number of carbonyl (C=O) groups is 1. The van der Waals surface area contributed by atoms with Crippen molar-refractivity contribution in [3.63, 3.8) is 0 Å². The number of aryl methyl sites for hydroxylation is 1. The summed E-state index contributed by atoms with van der Waals surface area (Å²) >= 11 is 1.39. The van der Waals surface area contributed by atoms with Crippen LogP contribution in [-0.2, 0) is 6.42 Å². The molecule has 2 aromatic carbocycles. The topological polar surface area (TPSA) is 76.6 Å². The summed E-state index contributed by atoms with van der Waals surface area (Å²) in [5, 5.41) is 3.94. The Bertz CT molecular complexity index is 1270. The van der Waals surface area contributed by atoms with Crippen LogP contribution in [0.15, 0.2) is 54.9 Å². The van der Waals surface area contributed by atoms with Gasteiger partial charge in [0, 0.05) is 19.3 Å². The molecule has 0 bridgehead atoms. The molecule has 2 aromatic heterocycles. The first kappa shape index (κ1) is 22.5. The number of ether oxygens (including phenoxy) is 2. The molecule has 0 atom stereocenters. The van der Waals surface area contributed by atoms with Crippen LogP contribution in [0.4, 0.5) is 11.5 Å². The Morgan fingerprint density at radius 1 is 1.06 bits per heavy atom. The first-order valence-electron chi connectivity index (χ1n) is 10.6. The van der Waals surface area contributed by atoms with E-state index >= 15 is 0 Å². The minimum Gasteiger partial charge on any atom is -0.493 e. The zero-order chi connectivity index (χ0) is 23.4. The molecule has 0 aliphatic carbocycles. The van der Waals surface area contributed by atoms with Gasteiger partial charge in [0.2, 0.25) is 0 Å². The number of methoxy groups -OCH3 is 2. The van der Waals surface area contributed by atoms with Crippen LogP contribution in [0.5, 0.6) is 11.5 Å². The summed E-state index contributed by atoms with van der Waals surface area (Å²) < 4.78 is 10.6. The van der Waals surface area contributed by atoms with E-state index in [0.717, 1.165) is 32.8 Å². The van der Waals surface area contributed by atoms with Gasteiger partial charge in [-0.1, -0.05) is 24.3 Å². The third-order valence-corrected chi connectivity index (χ3v) is 6.72. The van der Waals surface area contributed by atoms with Crippen LogP contribution in [0, 0.1) is 6.92 Å².